The first-order chi connectivity index (χ1) is 9.83. The van der Waals surface area contributed by atoms with Gasteiger partial charge in [0.15, 0.2) is 0 Å². The molecular formula is C17H20N2O. The number of fused-ring (bicyclic) bond motifs is 1. The van der Waals surface area contributed by atoms with Crippen LogP contribution in [0, 0.1) is 0 Å². The molecule has 20 heavy (non-hydrogen) atoms. The fourth-order valence-electron chi connectivity index (χ4n) is 2.86. The maximum absolute atomic E-state index is 12.2. The largest absolute Gasteiger partial charge is 0.325 e. The number of carbonyl (C=O) groups is 1. The van der Waals surface area contributed by atoms with Crippen molar-refractivity contribution in [3.8, 4) is 0 Å². The first-order valence-electron chi connectivity index (χ1n) is 7.34. The van der Waals surface area contributed by atoms with Crippen LogP contribution in [-0.2, 0) is 4.79 Å². The van der Waals surface area contributed by atoms with Gasteiger partial charge in [0.05, 0.1) is 0 Å². The highest BCUT2D eigenvalue weighted by molar-refractivity contribution is 6.02. The van der Waals surface area contributed by atoms with E-state index in [4.69, 9.17) is 0 Å². The summed E-state index contributed by atoms with van der Waals surface area (Å²) >= 11 is 0. The van der Waals surface area contributed by atoms with Crippen LogP contribution in [0.4, 0.5) is 5.69 Å². The summed E-state index contributed by atoms with van der Waals surface area (Å²) in [6.07, 6.45) is 4.10. The van der Waals surface area contributed by atoms with E-state index in [1.165, 1.54) is 12.8 Å². The number of benzene rings is 2. The highest BCUT2D eigenvalue weighted by Crippen LogP contribution is 2.23. The predicted octanol–water partition coefficient (Wildman–Crippen LogP) is 3.31. The number of anilines is 1. The molecular weight excluding hydrogens is 248 g/mol. The Bertz CT molecular complexity index is 597. The van der Waals surface area contributed by atoms with Gasteiger partial charge in [-0.05, 0) is 30.8 Å². The van der Waals surface area contributed by atoms with E-state index in [2.05, 4.69) is 22.8 Å². The van der Waals surface area contributed by atoms with Crippen LogP contribution in [0.25, 0.3) is 10.8 Å². The number of rotatable bonds is 3. The average molecular weight is 268 g/mol. The average Bonchev–Trinajstić information content (AvgIpc) is 2.48. The Hall–Kier alpha value is -1.87. The highest BCUT2D eigenvalue weighted by Gasteiger charge is 2.16. The monoisotopic (exact) mass is 268 g/mol. The molecule has 1 fully saturated rings. The first kappa shape index (κ1) is 13.1. The number of amides is 1. The third-order valence-electron chi connectivity index (χ3n) is 3.91. The second-order valence-corrected chi connectivity index (χ2v) is 5.43. The summed E-state index contributed by atoms with van der Waals surface area (Å²) < 4.78 is 0. The standard InChI is InChI=1S/C17H20N2O/c20-17(12-14-8-3-4-11-18-14)19-16-10-5-7-13-6-1-2-9-15(13)16/h1-2,5-7,9-10,14,18H,3-4,8,11-12H2,(H,19,20). The van der Waals surface area contributed by atoms with Crippen LogP contribution < -0.4 is 10.6 Å². The Morgan fingerprint density at radius 1 is 1.15 bits per heavy atom. The van der Waals surface area contributed by atoms with Crippen LogP contribution in [0.2, 0.25) is 0 Å². The van der Waals surface area contributed by atoms with Gasteiger partial charge in [0, 0.05) is 23.5 Å². The van der Waals surface area contributed by atoms with E-state index < -0.39 is 0 Å². The zero-order valence-corrected chi connectivity index (χ0v) is 11.6. The van der Waals surface area contributed by atoms with Gasteiger partial charge in [0.25, 0.3) is 0 Å². The molecule has 1 aliphatic heterocycles. The number of hydrogen-bond donors (Lipinski definition) is 2. The molecule has 1 heterocycles. The van der Waals surface area contributed by atoms with Crippen molar-refractivity contribution in [3.05, 3.63) is 42.5 Å². The summed E-state index contributed by atoms with van der Waals surface area (Å²) in [7, 11) is 0. The molecule has 3 heteroatoms. The van der Waals surface area contributed by atoms with Gasteiger partial charge in [-0.1, -0.05) is 42.8 Å². The van der Waals surface area contributed by atoms with Gasteiger partial charge in [-0.15, -0.1) is 0 Å². The summed E-state index contributed by atoms with van der Waals surface area (Å²) in [5.74, 6) is 0.0979. The second kappa shape index (κ2) is 6.06. The molecule has 2 N–H and O–H groups in total. The maximum Gasteiger partial charge on any atom is 0.225 e. The molecule has 2 aromatic carbocycles. The molecule has 0 radical (unpaired) electrons. The van der Waals surface area contributed by atoms with E-state index in [0.717, 1.165) is 29.4 Å². The lowest BCUT2D eigenvalue weighted by molar-refractivity contribution is -0.116. The van der Waals surface area contributed by atoms with Crippen LogP contribution >= 0.6 is 0 Å². The number of carbonyl (C=O) groups excluding carboxylic acids is 1. The predicted molar refractivity (Wildman–Crippen MR) is 82.8 cm³/mol. The van der Waals surface area contributed by atoms with E-state index in [1.807, 2.05) is 30.3 Å². The molecule has 1 amide bonds. The SMILES string of the molecule is O=C(CC1CCCCN1)Nc1cccc2ccccc12. The zero-order valence-electron chi connectivity index (χ0n) is 11.6. The second-order valence-electron chi connectivity index (χ2n) is 5.43. The third-order valence-corrected chi connectivity index (χ3v) is 3.91. The van der Waals surface area contributed by atoms with E-state index >= 15 is 0 Å². The van der Waals surface area contributed by atoms with Crippen molar-refractivity contribution in [3.63, 3.8) is 0 Å². The molecule has 1 unspecified atom stereocenters. The quantitative estimate of drug-likeness (QED) is 0.896. The number of hydrogen-bond acceptors (Lipinski definition) is 2. The Balaban J connectivity index is 1.71. The smallest absolute Gasteiger partial charge is 0.225 e. The third kappa shape index (κ3) is 2.99. The lowest BCUT2D eigenvalue weighted by atomic mass is 10.0. The minimum Gasteiger partial charge on any atom is -0.325 e. The molecule has 1 atom stereocenters. The van der Waals surface area contributed by atoms with Gasteiger partial charge >= 0.3 is 0 Å². The Kier molecular flexibility index (Phi) is 3.97. The summed E-state index contributed by atoms with van der Waals surface area (Å²) in [5.41, 5.74) is 0.906. The molecule has 0 aliphatic carbocycles. The molecule has 0 bridgehead atoms. The molecule has 1 aliphatic rings. The molecule has 2 aromatic rings. The van der Waals surface area contributed by atoms with Gasteiger partial charge in [0.2, 0.25) is 5.91 Å². The molecule has 1 saturated heterocycles. The van der Waals surface area contributed by atoms with Gasteiger partial charge in [-0.3, -0.25) is 4.79 Å². The van der Waals surface area contributed by atoms with Crippen LogP contribution in [0.1, 0.15) is 25.7 Å². The van der Waals surface area contributed by atoms with Crippen LogP contribution in [-0.4, -0.2) is 18.5 Å². The van der Waals surface area contributed by atoms with E-state index in [0.29, 0.717) is 12.5 Å². The first-order valence-corrected chi connectivity index (χ1v) is 7.34. The van der Waals surface area contributed by atoms with E-state index in [-0.39, 0.29) is 5.91 Å². The maximum atomic E-state index is 12.2. The minimum absolute atomic E-state index is 0.0979. The summed E-state index contributed by atoms with van der Waals surface area (Å²) in [6, 6.07) is 14.5. The summed E-state index contributed by atoms with van der Waals surface area (Å²) in [4.78, 5) is 12.2. The van der Waals surface area contributed by atoms with Crippen LogP contribution in [0.5, 0.6) is 0 Å². The number of nitrogens with one attached hydrogen (secondary N) is 2. The molecule has 3 rings (SSSR count). The van der Waals surface area contributed by atoms with Crippen molar-refractivity contribution < 1.29 is 4.79 Å². The van der Waals surface area contributed by atoms with Gasteiger partial charge in [-0.2, -0.15) is 0 Å². The van der Waals surface area contributed by atoms with Crippen LogP contribution in [0.15, 0.2) is 42.5 Å². The summed E-state index contributed by atoms with van der Waals surface area (Å²) in [6.45, 7) is 1.03. The van der Waals surface area contributed by atoms with E-state index in [1.54, 1.807) is 0 Å². The Morgan fingerprint density at radius 2 is 2.00 bits per heavy atom. The normalized spacial score (nSPS) is 18.9. The highest BCUT2D eigenvalue weighted by atomic mass is 16.1. The van der Waals surface area contributed by atoms with Crippen molar-refractivity contribution in [2.75, 3.05) is 11.9 Å². The molecule has 3 nitrogen and oxygen atoms in total. The fourth-order valence-corrected chi connectivity index (χ4v) is 2.86. The molecule has 0 spiro atoms. The van der Waals surface area contributed by atoms with E-state index in [9.17, 15) is 4.79 Å². The lowest BCUT2D eigenvalue weighted by Gasteiger charge is -2.22. The minimum atomic E-state index is 0.0979. The van der Waals surface area contributed by atoms with Crippen molar-refractivity contribution in [1.82, 2.24) is 5.32 Å². The topological polar surface area (TPSA) is 41.1 Å². The van der Waals surface area contributed by atoms with Gasteiger partial charge in [0.1, 0.15) is 0 Å². The van der Waals surface area contributed by atoms with Crippen molar-refractivity contribution in [2.24, 2.45) is 0 Å². The van der Waals surface area contributed by atoms with Gasteiger partial charge < -0.3 is 10.6 Å². The van der Waals surface area contributed by atoms with Gasteiger partial charge in [-0.25, -0.2) is 0 Å². The Morgan fingerprint density at radius 3 is 2.85 bits per heavy atom. The number of piperidine rings is 1. The molecule has 0 saturated carbocycles. The zero-order chi connectivity index (χ0) is 13.8. The lowest BCUT2D eigenvalue weighted by Crippen LogP contribution is -2.36. The molecule has 104 valence electrons. The van der Waals surface area contributed by atoms with Crippen molar-refractivity contribution in [1.29, 1.82) is 0 Å². The summed E-state index contributed by atoms with van der Waals surface area (Å²) in [5, 5.41) is 8.72. The molecule has 0 aromatic heterocycles. The Labute approximate surface area is 119 Å². The fraction of sp³-hybridized carbons (Fsp3) is 0.353. The van der Waals surface area contributed by atoms with Crippen LogP contribution in [0.3, 0.4) is 0 Å². The van der Waals surface area contributed by atoms with Crippen molar-refractivity contribution in [2.45, 2.75) is 31.7 Å². The van der Waals surface area contributed by atoms with Crippen molar-refractivity contribution >= 4 is 22.4 Å².